The summed E-state index contributed by atoms with van der Waals surface area (Å²) in [5, 5.41) is 12.6. The molecule has 4 saturated heterocycles. The van der Waals surface area contributed by atoms with Crippen LogP contribution >= 0.6 is 0 Å². The molecule has 1 unspecified atom stereocenters. The Hall–Kier alpha value is -5.59. The monoisotopic (exact) mass is 809 g/mol. The summed E-state index contributed by atoms with van der Waals surface area (Å²) in [5.74, 6) is 1.65. The minimum Gasteiger partial charge on any atom is -0.508 e. The summed E-state index contributed by atoms with van der Waals surface area (Å²) >= 11 is 0. The van der Waals surface area contributed by atoms with E-state index in [1.54, 1.807) is 17.0 Å². The number of anilines is 2. The summed E-state index contributed by atoms with van der Waals surface area (Å²) in [5.41, 5.74) is 7.32. The molecule has 0 bridgehead atoms. The number of ether oxygens (including phenoxy) is 3. The molecule has 12 heteroatoms. The smallest absolute Gasteiger partial charge is 0.255 e. The van der Waals surface area contributed by atoms with Gasteiger partial charge in [-0.1, -0.05) is 48.5 Å². The molecule has 1 spiro atoms. The molecule has 0 aromatic heterocycles. The van der Waals surface area contributed by atoms with Crippen molar-refractivity contribution in [2.24, 2.45) is 5.92 Å². The first-order valence-corrected chi connectivity index (χ1v) is 21.7. The first-order chi connectivity index (χ1) is 29.3. The molecule has 7 aliphatic heterocycles. The molecular weight excluding hydrogens is 759 g/mol. The number of hydrogen-bond donors (Lipinski definition) is 2. The van der Waals surface area contributed by atoms with Crippen LogP contribution in [0.3, 0.4) is 0 Å². The molecule has 60 heavy (non-hydrogen) atoms. The Morgan fingerprint density at radius 3 is 2.43 bits per heavy atom. The number of piperidine rings is 2. The van der Waals surface area contributed by atoms with Crippen molar-refractivity contribution >= 4 is 29.1 Å². The van der Waals surface area contributed by atoms with Crippen molar-refractivity contribution in [3.63, 3.8) is 0 Å². The lowest BCUT2D eigenvalue weighted by molar-refractivity contribution is -0.136. The third kappa shape index (κ3) is 6.64. The van der Waals surface area contributed by atoms with Gasteiger partial charge >= 0.3 is 0 Å². The number of carbonyl (C=O) groups is 3. The van der Waals surface area contributed by atoms with Crippen LogP contribution < -0.4 is 24.6 Å². The summed E-state index contributed by atoms with van der Waals surface area (Å²) in [4.78, 5) is 46.9. The number of amides is 3. The third-order valence-corrected chi connectivity index (χ3v) is 14.4. The minimum atomic E-state index is -0.629. The van der Waals surface area contributed by atoms with Gasteiger partial charge in [0.1, 0.15) is 29.9 Å². The van der Waals surface area contributed by atoms with Gasteiger partial charge in [0, 0.05) is 87.0 Å². The molecule has 4 aromatic carbocycles. The van der Waals surface area contributed by atoms with Gasteiger partial charge in [-0.25, -0.2) is 0 Å². The van der Waals surface area contributed by atoms with Gasteiger partial charge in [-0.2, -0.15) is 0 Å². The topological polar surface area (TPSA) is 124 Å². The number of piperazine rings is 1. The number of hydrogen-bond acceptors (Lipinski definition) is 10. The fraction of sp³-hybridized carbons (Fsp3) is 0.438. The number of phenols is 1. The lowest BCUT2D eigenvalue weighted by Crippen LogP contribution is -2.58. The highest BCUT2D eigenvalue weighted by Gasteiger charge is 2.45. The van der Waals surface area contributed by atoms with Crippen LogP contribution in [0.1, 0.15) is 76.6 Å². The predicted molar refractivity (Wildman–Crippen MR) is 225 cm³/mol. The van der Waals surface area contributed by atoms with Gasteiger partial charge in [-0.3, -0.25) is 24.6 Å². The highest BCUT2D eigenvalue weighted by molar-refractivity contribution is 6.06. The van der Waals surface area contributed by atoms with Crippen molar-refractivity contribution in [1.82, 2.24) is 15.1 Å². The van der Waals surface area contributed by atoms with Crippen LogP contribution in [0.4, 0.5) is 11.4 Å². The zero-order valence-electron chi connectivity index (χ0n) is 33.8. The molecular formula is C48H51N5O7. The van der Waals surface area contributed by atoms with E-state index in [9.17, 15) is 19.5 Å². The quantitative estimate of drug-likeness (QED) is 0.244. The molecule has 0 radical (unpaired) electrons. The third-order valence-electron chi connectivity index (χ3n) is 14.4. The summed E-state index contributed by atoms with van der Waals surface area (Å²) in [6, 6.07) is 28.8. The number of carbonyl (C=O) groups excluding carboxylic acids is 3. The van der Waals surface area contributed by atoms with Crippen molar-refractivity contribution in [3.8, 4) is 17.2 Å². The Bertz CT molecular complexity index is 2330. The van der Waals surface area contributed by atoms with Crippen molar-refractivity contribution in [3.05, 3.63) is 113 Å². The Labute approximate surface area is 350 Å². The van der Waals surface area contributed by atoms with Crippen LogP contribution in [-0.2, 0) is 20.9 Å². The van der Waals surface area contributed by atoms with Gasteiger partial charge in [0.2, 0.25) is 11.8 Å². The van der Waals surface area contributed by atoms with E-state index in [4.69, 9.17) is 14.2 Å². The van der Waals surface area contributed by atoms with E-state index in [-0.39, 0.29) is 47.5 Å². The maximum absolute atomic E-state index is 13.4. The first-order valence-electron chi connectivity index (χ1n) is 21.7. The number of rotatable bonds is 6. The van der Waals surface area contributed by atoms with Crippen molar-refractivity contribution in [1.29, 1.82) is 0 Å². The van der Waals surface area contributed by atoms with Crippen LogP contribution in [0.2, 0.25) is 0 Å². The molecule has 7 aliphatic rings. The second-order valence-electron chi connectivity index (χ2n) is 18.0. The van der Waals surface area contributed by atoms with Crippen LogP contribution in [0, 0.1) is 5.92 Å². The molecule has 310 valence electrons. The van der Waals surface area contributed by atoms with E-state index in [1.807, 2.05) is 12.1 Å². The molecule has 0 saturated carbocycles. The molecule has 2 N–H and O–H groups in total. The number of nitrogens with zero attached hydrogens (tertiary/aromatic N) is 4. The SMILES string of the molecule is O=C1CC[C@@H](N2Cc3cc4c(cc3C2=O)OC[C@H]2CN(CC3COC5(CCN(c6ccc([C@@H]7c8ccc(O)cc8OC[C@@H]7c7ccccc7)cc6)CC5)C3)CCN42)C(=O)N1. The van der Waals surface area contributed by atoms with E-state index < -0.39 is 11.9 Å². The van der Waals surface area contributed by atoms with Crippen LogP contribution in [0.15, 0.2) is 84.9 Å². The Morgan fingerprint density at radius 2 is 1.62 bits per heavy atom. The van der Waals surface area contributed by atoms with Gasteiger partial charge in [-0.15, -0.1) is 0 Å². The molecule has 12 nitrogen and oxygen atoms in total. The number of imide groups is 1. The van der Waals surface area contributed by atoms with Crippen LogP contribution in [-0.4, -0.2) is 109 Å². The number of aromatic hydroxyl groups is 1. The van der Waals surface area contributed by atoms with Crippen molar-refractivity contribution in [2.75, 3.05) is 68.9 Å². The summed E-state index contributed by atoms with van der Waals surface area (Å²) in [7, 11) is 0. The second kappa shape index (κ2) is 14.8. The average Bonchev–Trinajstić information content (AvgIpc) is 3.81. The van der Waals surface area contributed by atoms with E-state index in [2.05, 4.69) is 80.7 Å². The maximum atomic E-state index is 13.4. The summed E-state index contributed by atoms with van der Waals surface area (Å²) in [6.45, 7) is 7.99. The molecule has 4 fully saturated rings. The Morgan fingerprint density at radius 1 is 0.800 bits per heavy atom. The first kappa shape index (κ1) is 37.4. The fourth-order valence-electron chi connectivity index (χ4n) is 11.3. The Balaban J connectivity index is 0.699. The lowest BCUT2D eigenvalue weighted by atomic mass is 9.76. The molecule has 7 heterocycles. The van der Waals surface area contributed by atoms with Gasteiger partial charge in [0.25, 0.3) is 5.91 Å². The van der Waals surface area contributed by atoms with Gasteiger partial charge in [-0.05, 0) is 78.6 Å². The number of fused-ring (bicyclic) bond motifs is 5. The molecule has 0 aliphatic carbocycles. The normalized spacial score (nSPS) is 27.1. The second-order valence-corrected chi connectivity index (χ2v) is 18.0. The van der Waals surface area contributed by atoms with E-state index >= 15 is 0 Å². The maximum Gasteiger partial charge on any atom is 0.255 e. The summed E-state index contributed by atoms with van der Waals surface area (Å²) in [6.07, 6.45) is 3.72. The lowest BCUT2D eigenvalue weighted by Gasteiger charge is -2.46. The number of nitrogens with one attached hydrogen (secondary N) is 1. The summed E-state index contributed by atoms with van der Waals surface area (Å²) < 4.78 is 19.2. The number of benzene rings is 4. The highest BCUT2D eigenvalue weighted by Crippen LogP contribution is 2.48. The van der Waals surface area contributed by atoms with Crippen molar-refractivity contribution < 1.29 is 33.7 Å². The van der Waals surface area contributed by atoms with Gasteiger partial charge in [0.05, 0.1) is 30.5 Å². The van der Waals surface area contributed by atoms with E-state index in [0.29, 0.717) is 37.7 Å². The minimum absolute atomic E-state index is 0.0599. The van der Waals surface area contributed by atoms with Crippen molar-refractivity contribution in [2.45, 2.75) is 68.2 Å². The Kier molecular flexibility index (Phi) is 9.26. The van der Waals surface area contributed by atoms with E-state index in [0.717, 1.165) is 93.5 Å². The fourth-order valence-corrected chi connectivity index (χ4v) is 11.3. The van der Waals surface area contributed by atoms with Crippen LogP contribution in [0.25, 0.3) is 0 Å². The molecule has 5 atom stereocenters. The molecule has 4 aromatic rings. The van der Waals surface area contributed by atoms with Gasteiger partial charge in [0.15, 0.2) is 0 Å². The zero-order valence-corrected chi connectivity index (χ0v) is 33.8. The largest absolute Gasteiger partial charge is 0.508 e. The molecule has 11 rings (SSSR count). The number of phenolic OH excluding ortho intramolecular Hbond substituents is 1. The van der Waals surface area contributed by atoms with Gasteiger partial charge < -0.3 is 34.0 Å². The predicted octanol–water partition coefficient (Wildman–Crippen LogP) is 5.42. The average molecular weight is 810 g/mol. The van der Waals surface area contributed by atoms with Crippen LogP contribution in [0.5, 0.6) is 17.2 Å². The highest BCUT2D eigenvalue weighted by atomic mass is 16.5. The zero-order chi connectivity index (χ0) is 40.5. The standard InChI is InChI=1S/C48H51N5O7/c54-36-10-11-37-42(21-36)59-29-39(31-4-2-1-3-5-31)45(37)32-6-8-34(9-7-32)51-16-14-48(15-17-51)23-30(27-60-48)24-50-18-19-52-35(26-50)28-58-43-22-38-33(20-41(43)52)25-53(47(38)57)40-12-13-44(55)49-46(40)56/h1-11,20-22,30,35,39-40,45,54H,12-19,23-29H2,(H,49,55,56)/t30?,35-,39-,40-,45-/m1/s1. The molecule has 3 amide bonds. The van der Waals surface area contributed by atoms with E-state index in [1.165, 1.54) is 16.8 Å².